The van der Waals surface area contributed by atoms with Gasteiger partial charge in [-0.15, -0.1) is 5.10 Å². The Morgan fingerprint density at radius 2 is 1.98 bits per heavy atom. The number of amides is 1. The van der Waals surface area contributed by atoms with E-state index in [1.165, 1.54) is 35.3 Å². The normalized spacial score (nSPS) is 17.2. The molecule has 0 aliphatic carbocycles. The molecule has 0 saturated heterocycles. The lowest BCUT2D eigenvalue weighted by atomic mass is 9.88. The predicted molar refractivity (Wildman–Crippen MR) is 155 cm³/mol. The topological polar surface area (TPSA) is 121 Å². The van der Waals surface area contributed by atoms with Gasteiger partial charge in [-0.25, -0.2) is 9.07 Å². The van der Waals surface area contributed by atoms with E-state index in [9.17, 15) is 9.59 Å². The summed E-state index contributed by atoms with van der Waals surface area (Å²) in [5.41, 5.74) is 2.93. The van der Waals surface area contributed by atoms with E-state index in [0.717, 1.165) is 11.3 Å². The van der Waals surface area contributed by atoms with Crippen molar-refractivity contribution in [2.75, 3.05) is 5.32 Å². The fraction of sp³-hybridized carbons (Fsp3) is 0.241. The van der Waals surface area contributed by atoms with E-state index in [-0.39, 0.29) is 44.4 Å². The molecular formula is C29H24Cl2FN7O3. The summed E-state index contributed by atoms with van der Waals surface area (Å²) < 4.78 is 24.3. The van der Waals surface area contributed by atoms with Gasteiger partial charge in [-0.3, -0.25) is 19.3 Å². The summed E-state index contributed by atoms with van der Waals surface area (Å²) in [7, 11) is 1.79. The van der Waals surface area contributed by atoms with E-state index in [1.807, 2.05) is 19.1 Å². The van der Waals surface area contributed by atoms with Crippen LogP contribution in [-0.4, -0.2) is 35.7 Å². The summed E-state index contributed by atoms with van der Waals surface area (Å²) in [6.45, 7) is 1.87. The largest absolute Gasteiger partial charge is 0.464 e. The van der Waals surface area contributed by atoms with E-state index in [1.54, 1.807) is 24.1 Å². The Morgan fingerprint density at radius 3 is 2.74 bits per heavy atom. The van der Waals surface area contributed by atoms with Crippen LogP contribution in [-0.2, 0) is 11.8 Å². The zero-order valence-electron chi connectivity index (χ0n) is 22.5. The lowest BCUT2D eigenvalue weighted by Gasteiger charge is -2.20. The Hall–Kier alpha value is -4.35. The van der Waals surface area contributed by atoms with Crippen LogP contribution in [0.15, 0.2) is 64.4 Å². The maximum Gasteiger partial charge on any atom is 0.227 e. The van der Waals surface area contributed by atoms with E-state index in [0.29, 0.717) is 36.2 Å². The Balaban J connectivity index is 1.46. The van der Waals surface area contributed by atoms with Crippen molar-refractivity contribution >= 4 is 34.8 Å². The number of carbonyl (C=O) groups is 1. The van der Waals surface area contributed by atoms with Crippen molar-refractivity contribution in [2.45, 2.75) is 32.1 Å². The highest BCUT2D eigenvalue weighted by molar-refractivity contribution is 6.31. The number of aryl methyl sites for hydroxylation is 1. The van der Waals surface area contributed by atoms with Gasteiger partial charge in [0.2, 0.25) is 5.91 Å². The minimum Gasteiger partial charge on any atom is -0.464 e. The van der Waals surface area contributed by atoms with Gasteiger partial charge in [0.25, 0.3) is 0 Å². The second-order valence-electron chi connectivity index (χ2n) is 10.2. The van der Waals surface area contributed by atoms with Crippen molar-refractivity contribution in [1.82, 2.24) is 29.8 Å². The smallest absolute Gasteiger partial charge is 0.227 e. The van der Waals surface area contributed by atoms with Crippen LogP contribution in [0, 0.1) is 11.7 Å². The summed E-state index contributed by atoms with van der Waals surface area (Å²) in [5, 5.41) is 14.9. The molecule has 5 heterocycles. The van der Waals surface area contributed by atoms with Crippen LogP contribution < -0.4 is 10.7 Å². The third-order valence-corrected chi connectivity index (χ3v) is 7.92. The van der Waals surface area contributed by atoms with Crippen molar-refractivity contribution in [3.05, 3.63) is 92.7 Å². The third kappa shape index (κ3) is 5.10. The van der Waals surface area contributed by atoms with Gasteiger partial charge in [0, 0.05) is 48.0 Å². The number of hydrogen-bond acceptors (Lipinski definition) is 7. The number of carbonyl (C=O) groups excluding carboxylic acids is 1. The quantitative estimate of drug-likeness (QED) is 0.266. The van der Waals surface area contributed by atoms with E-state index in [2.05, 4.69) is 25.7 Å². The van der Waals surface area contributed by atoms with Gasteiger partial charge in [-0.05, 0) is 37.1 Å². The molecule has 13 heteroatoms. The molecule has 214 valence electrons. The highest BCUT2D eigenvalue weighted by atomic mass is 35.5. The third-order valence-electron chi connectivity index (χ3n) is 7.45. The van der Waals surface area contributed by atoms with Gasteiger partial charge < -0.3 is 9.73 Å². The molecule has 2 bridgehead atoms. The first-order chi connectivity index (χ1) is 20.2. The number of pyridine rings is 1. The van der Waals surface area contributed by atoms with Crippen LogP contribution >= 0.6 is 23.2 Å². The number of aromatic nitrogens is 6. The molecule has 10 nitrogen and oxygen atoms in total. The molecule has 0 saturated carbocycles. The number of fused-ring (bicyclic) bond motifs is 4. The molecule has 1 amide bonds. The van der Waals surface area contributed by atoms with Gasteiger partial charge in [0.05, 0.1) is 46.3 Å². The molecule has 0 unspecified atom stereocenters. The van der Waals surface area contributed by atoms with Gasteiger partial charge in [-0.1, -0.05) is 41.8 Å². The van der Waals surface area contributed by atoms with E-state index >= 15 is 4.39 Å². The molecule has 1 N–H and O–H groups in total. The van der Waals surface area contributed by atoms with Gasteiger partial charge in [0.1, 0.15) is 5.76 Å². The van der Waals surface area contributed by atoms with Crippen molar-refractivity contribution in [3.8, 4) is 28.3 Å². The molecule has 0 radical (unpaired) electrons. The predicted octanol–water partition coefficient (Wildman–Crippen LogP) is 6.02. The molecule has 0 spiro atoms. The Labute approximate surface area is 249 Å². The zero-order chi connectivity index (χ0) is 29.5. The summed E-state index contributed by atoms with van der Waals surface area (Å²) in [6, 6.07) is 7.86. The van der Waals surface area contributed by atoms with Crippen molar-refractivity contribution in [3.63, 3.8) is 0 Å². The van der Waals surface area contributed by atoms with Crippen molar-refractivity contribution < 1.29 is 13.6 Å². The van der Waals surface area contributed by atoms with E-state index < -0.39 is 11.7 Å². The maximum absolute atomic E-state index is 15.4. The highest BCUT2D eigenvalue weighted by Crippen LogP contribution is 2.36. The Bertz CT molecular complexity index is 1880. The number of nitrogens with zero attached hydrogens (tertiary/aromatic N) is 6. The number of halogens is 3. The number of benzene rings is 1. The maximum atomic E-state index is 15.4. The van der Waals surface area contributed by atoms with Crippen molar-refractivity contribution in [2.24, 2.45) is 13.0 Å². The number of hydrogen-bond donors (Lipinski definition) is 1. The van der Waals surface area contributed by atoms with Crippen LogP contribution in [0.1, 0.15) is 43.4 Å². The monoisotopic (exact) mass is 607 g/mol. The lowest BCUT2D eigenvalue weighted by Crippen LogP contribution is -2.22. The number of anilines is 1. The van der Waals surface area contributed by atoms with Gasteiger partial charge >= 0.3 is 0 Å². The SMILES string of the molecule is C[C@@H]1CCC[C@@H](c2coc(-c3c(-n4cc(Cl)nn4)ccc(Cl)c3F)cc2=O)c2cc(ccn2)-c2c(cnn2C)NC1=O. The fourth-order valence-electron chi connectivity index (χ4n) is 5.27. The number of nitrogens with one attached hydrogen (secondary N) is 1. The lowest BCUT2D eigenvalue weighted by molar-refractivity contribution is -0.119. The average molecular weight is 608 g/mol. The summed E-state index contributed by atoms with van der Waals surface area (Å²) in [5.74, 6) is -1.63. The molecule has 6 rings (SSSR count). The van der Waals surface area contributed by atoms with Gasteiger partial charge in [-0.2, -0.15) is 5.10 Å². The molecular weight excluding hydrogens is 584 g/mol. The fourth-order valence-corrected chi connectivity index (χ4v) is 5.55. The molecule has 1 aliphatic heterocycles. The van der Waals surface area contributed by atoms with Crippen molar-refractivity contribution in [1.29, 1.82) is 0 Å². The Kier molecular flexibility index (Phi) is 7.38. The molecule has 2 atom stereocenters. The van der Waals surface area contributed by atoms with Crippen LogP contribution in [0.4, 0.5) is 10.1 Å². The molecule has 1 aliphatic rings. The first-order valence-corrected chi connectivity index (χ1v) is 14.0. The average Bonchev–Trinajstić information content (AvgIpc) is 3.57. The molecule has 4 aromatic heterocycles. The molecule has 42 heavy (non-hydrogen) atoms. The molecule has 5 aromatic rings. The minimum absolute atomic E-state index is 0.0370. The first-order valence-electron chi connectivity index (χ1n) is 13.2. The standard InChI is InChI=1S/C29H24Cl2FN7O3/c1-15-4-3-5-17(20-10-16(8-9-33-20)28-21(35-29(15)41)12-34-38(28)2)18-14-42-24(11-23(18)40)26-22(7-6-19(30)27(26)32)39-13-25(31)36-37-39/h6-15,17H,3-5H2,1-2H3,(H,35,41)/t15-,17+/m1/s1. The van der Waals surface area contributed by atoms with Crippen LogP contribution in [0.2, 0.25) is 10.2 Å². The first kappa shape index (κ1) is 27.8. The minimum atomic E-state index is -0.781. The van der Waals surface area contributed by atoms with Crippen LogP contribution in [0.25, 0.3) is 28.3 Å². The summed E-state index contributed by atoms with van der Waals surface area (Å²) in [6.07, 6.45) is 7.80. The zero-order valence-corrected chi connectivity index (χ0v) is 24.0. The second-order valence-corrected chi connectivity index (χ2v) is 11.0. The van der Waals surface area contributed by atoms with E-state index in [4.69, 9.17) is 27.6 Å². The second kappa shape index (κ2) is 11.1. The number of rotatable bonds is 3. The highest BCUT2D eigenvalue weighted by Gasteiger charge is 2.26. The van der Waals surface area contributed by atoms with Crippen LogP contribution in [0.3, 0.4) is 0 Å². The summed E-state index contributed by atoms with van der Waals surface area (Å²) in [4.78, 5) is 31.2. The van der Waals surface area contributed by atoms with Gasteiger partial charge in [0.15, 0.2) is 16.4 Å². The summed E-state index contributed by atoms with van der Waals surface area (Å²) >= 11 is 12.0. The van der Waals surface area contributed by atoms with Crippen LogP contribution in [0.5, 0.6) is 0 Å². The molecule has 1 aromatic carbocycles. The Morgan fingerprint density at radius 1 is 1.14 bits per heavy atom. The molecule has 0 fully saturated rings.